The maximum atomic E-state index is 13.2. The summed E-state index contributed by atoms with van der Waals surface area (Å²) in [5.41, 5.74) is 7.20. The van der Waals surface area contributed by atoms with Gasteiger partial charge in [0.25, 0.3) is 5.91 Å². The molecule has 1 heterocycles. The largest absolute Gasteiger partial charge is 0.398 e. The summed E-state index contributed by atoms with van der Waals surface area (Å²) in [4.78, 5) is 16.2. The van der Waals surface area contributed by atoms with Crippen molar-refractivity contribution in [2.24, 2.45) is 0 Å². The fraction of sp³-hybridized carbons (Fsp3) is 0.143. The zero-order valence-corrected chi connectivity index (χ0v) is 11.0. The number of nitrogen functional groups attached to an aromatic ring is 1. The van der Waals surface area contributed by atoms with E-state index in [2.05, 4.69) is 10.3 Å². The van der Waals surface area contributed by atoms with Crippen LogP contribution in [0.25, 0.3) is 0 Å². The fourth-order valence-electron chi connectivity index (χ4n) is 1.77. The first-order valence-corrected chi connectivity index (χ1v) is 5.88. The number of rotatable bonds is 2. The van der Waals surface area contributed by atoms with Gasteiger partial charge in [-0.3, -0.25) is 9.78 Å². The van der Waals surface area contributed by atoms with E-state index in [9.17, 15) is 13.6 Å². The number of aryl methyl sites for hydroxylation is 2. The quantitative estimate of drug-likeness (QED) is 0.829. The van der Waals surface area contributed by atoms with Gasteiger partial charge >= 0.3 is 0 Å². The Hall–Kier alpha value is -2.50. The Bertz CT molecular complexity index is 686. The van der Waals surface area contributed by atoms with Crippen LogP contribution in [0.3, 0.4) is 0 Å². The predicted molar refractivity (Wildman–Crippen MR) is 72.4 cm³/mol. The number of halogens is 2. The normalized spacial score (nSPS) is 10.4. The minimum atomic E-state index is -1.12. The average Bonchev–Trinajstić information content (AvgIpc) is 2.37. The molecule has 2 aromatic rings. The van der Waals surface area contributed by atoms with E-state index in [1.807, 2.05) is 6.92 Å². The number of hydrogen-bond acceptors (Lipinski definition) is 3. The van der Waals surface area contributed by atoms with Gasteiger partial charge in [0.05, 0.1) is 16.9 Å². The highest BCUT2D eigenvalue weighted by Crippen LogP contribution is 2.20. The van der Waals surface area contributed by atoms with E-state index < -0.39 is 17.5 Å². The summed E-state index contributed by atoms with van der Waals surface area (Å²) in [5.74, 6) is -2.83. The molecule has 0 saturated heterocycles. The smallest absolute Gasteiger partial charge is 0.257 e. The summed E-state index contributed by atoms with van der Waals surface area (Å²) in [6.07, 6.45) is 0. The second kappa shape index (κ2) is 5.24. The van der Waals surface area contributed by atoms with Gasteiger partial charge in [-0.15, -0.1) is 0 Å². The molecule has 1 aromatic heterocycles. The summed E-state index contributed by atoms with van der Waals surface area (Å²) in [6, 6.07) is 4.98. The molecule has 3 N–H and O–H groups in total. The molecule has 0 saturated carbocycles. The van der Waals surface area contributed by atoms with Gasteiger partial charge in [0.15, 0.2) is 11.6 Å². The van der Waals surface area contributed by atoms with Crippen LogP contribution in [0.15, 0.2) is 24.3 Å². The molecule has 6 heteroatoms. The topological polar surface area (TPSA) is 68.0 Å². The van der Waals surface area contributed by atoms with Crippen LogP contribution in [0, 0.1) is 25.5 Å². The van der Waals surface area contributed by atoms with Gasteiger partial charge in [-0.2, -0.15) is 0 Å². The molecule has 0 unspecified atom stereocenters. The lowest BCUT2D eigenvalue weighted by Crippen LogP contribution is -2.16. The van der Waals surface area contributed by atoms with Crippen LogP contribution in [-0.4, -0.2) is 10.9 Å². The molecule has 1 aromatic carbocycles. The van der Waals surface area contributed by atoms with E-state index in [4.69, 9.17) is 5.73 Å². The molecule has 0 atom stereocenters. The molecular formula is C14H13F2N3O. The Morgan fingerprint density at radius 3 is 2.50 bits per heavy atom. The van der Waals surface area contributed by atoms with E-state index in [1.54, 1.807) is 19.1 Å². The first-order valence-electron chi connectivity index (χ1n) is 5.88. The van der Waals surface area contributed by atoms with Crippen LogP contribution >= 0.6 is 0 Å². The molecule has 20 heavy (non-hydrogen) atoms. The standard InChI is InChI=1S/C14H13F2N3O/c1-7-3-4-13(8(2)18-7)19-14(20)9-5-10(15)11(16)6-12(9)17/h3-6H,17H2,1-2H3,(H,19,20). The van der Waals surface area contributed by atoms with Crippen LogP contribution in [0.2, 0.25) is 0 Å². The number of nitrogens with two attached hydrogens (primary N) is 1. The predicted octanol–water partition coefficient (Wildman–Crippen LogP) is 2.81. The second-order valence-corrected chi connectivity index (χ2v) is 4.39. The third-order valence-electron chi connectivity index (χ3n) is 2.81. The van der Waals surface area contributed by atoms with Crippen LogP contribution in [0.1, 0.15) is 21.7 Å². The lowest BCUT2D eigenvalue weighted by Gasteiger charge is -2.10. The van der Waals surface area contributed by atoms with E-state index in [0.29, 0.717) is 11.4 Å². The molecule has 104 valence electrons. The van der Waals surface area contributed by atoms with E-state index >= 15 is 0 Å². The van der Waals surface area contributed by atoms with Crippen molar-refractivity contribution < 1.29 is 13.6 Å². The molecule has 0 fully saturated rings. The number of carbonyl (C=O) groups excluding carboxylic acids is 1. The Morgan fingerprint density at radius 1 is 1.20 bits per heavy atom. The third-order valence-corrected chi connectivity index (χ3v) is 2.81. The van der Waals surface area contributed by atoms with Gasteiger partial charge in [-0.1, -0.05) is 0 Å². The van der Waals surface area contributed by atoms with Gasteiger partial charge < -0.3 is 11.1 Å². The van der Waals surface area contributed by atoms with Gasteiger partial charge in [0.1, 0.15) is 0 Å². The highest BCUT2D eigenvalue weighted by atomic mass is 19.2. The van der Waals surface area contributed by atoms with Gasteiger partial charge in [-0.25, -0.2) is 8.78 Å². The fourth-order valence-corrected chi connectivity index (χ4v) is 1.77. The van der Waals surface area contributed by atoms with Crippen LogP contribution in [0.5, 0.6) is 0 Å². The molecule has 2 rings (SSSR count). The molecule has 0 aliphatic carbocycles. The van der Waals surface area contributed by atoms with Crippen LogP contribution < -0.4 is 11.1 Å². The molecule has 0 radical (unpaired) electrons. The monoisotopic (exact) mass is 277 g/mol. The van der Waals surface area contributed by atoms with Crippen molar-refractivity contribution in [3.05, 3.63) is 52.9 Å². The SMILES string of the molecule is Cc1ccc(NC(=O)c2cc(F)c(F)cc2N)c(C)n1. The number of pyridine rings is 1. The van der Waals surface area contributed by atoms with E-state index in [0.717, 1.165) is 17.8 Å². The van der Waals surface area contributed by atoms with Crippen molar-refractivity contribution in [1.29, 1.82) is 0 Å². The molecule has 0 aliphatic heterocycles. The van der Waals surface area contributed by atoms with Crippen LogP contribution in [-0.2, 0) is 0 Å². The number of amides is 1. The molecular weight excluding hydrogens is 264 g/mol. The molecule has 1 amide bonds. The summed E-state index contributed by atoms with van der Waals surface area (Å²) in [6.45, 7) is 3.56. The first kappa shape index (κ1) is 13.9. The Morgan fingerprint density at radius 2 is 1.85 bits per heavy atom. The number of carbonyl (C=O) groups is 1. The Labute approximate surface area is 114 Å². The van der Waals surface area contributed by atoms with Gasteiger partial charge in [0.2, 0.25) is 0 Å². The van der Waals surface area contributed by atoms with E-state index in [-0.39, 0.29) is 11.3 Å². The van der Waals surface area contributed by atoms with Crippen molar-refractivity contribution in [2.75, 3.05) is 11.1 Å². The maximum absolute atomic E-state index is 13.2. The third kappa shape index (κ3) is 2.74. The summed E-state index contributed by atoms with van der Waals surface area (Å²) >= 11 is 0. The Balaban J connectivity index is 2.31. The molecule has 0 spiro atoms. The van der Waals surface area contributed by atoms with Crippen molar-refractivity contribution in [3.8, 4) is 0 Å². The zero-order chi connectivity index (χ0) is 14.9. The lowest BCUT2D eigenvalue weighted by molar-refractivity contribution is 0.102. The maximum Gasteiger partial charge on any atom is 0.257 e. The zero-order valence-electron chi connectivity index (χ0n) is 11.0. The van der Waals surface area contributed by atoms with Gasteiger partial charge in [0, 0.05) is 17.4 Å². The molecule has 0 aliphatic rings. The van der Waals surface area contributed by atoms with Crippen molar-refractivity contribution in [1.82, 2.24) is 4.98 Å². The number of hydrogen-bond donors (Lipinski definition) is 2. The first-order chi connectivity index (χ1) is 9.38. The van der Waals surface area contributed by atoms with Crippen LogP contribution in [0.4, 0.5) is 20.2 Å². The highest BCUT2D eigenvalue weighted by Gasteiger charge is 2.15. The number of benzene rings is 1. The van der Waals surface area contributed by atoms with Gasteiger partial charge in [-0.05, 0) is 32.0 Å². The summed E-state index contributed by atoms with van der Waals surface area (Å²) in [5, 5.41) is 2.57. The number of aromatic nitrogens is 1. The highest BCUT2D eigenvalue weighted by molar-refractivity contribution is 6.07. The minimum absolute atomic E-state index is 0.121. The summed E-state index contributed by atoms with van der Waals surface area (Å²) < 4.78 is 26.1. The van der Waals surface area contributed by atoms with Crippen molar-refractivity contribution in [2.45, 2.75) is 13.8 Å². The van der Waals surface area contributed by atoms with Crippen molar-refractivity contribution in [3.63, 3.8) is 0 Å². The summed E-state index contributed by atoms with van der Waals surface area (Å²) in [7, 11) is 0. The lowest BCUT2D eigenvalue weighted by atomic mass is 10.1. The van der Waals surface area contributed by atoms with Crippen molar-refractivity contribution >= 4 is 17.3 Å². The number of anilines is 2. The number of nitrogens with one attached hydrogen (secondary N) is 1. The molecule has 0 bridgehead atoms. The average molecular weight is 277 g/mol. The second-order valence-electron chi connectivity index (χ2n) is 4.39. The minimum Gasteiger partial charge on any atom is -0.398 e. The number of nitrogens with zero attached hydrogens (tertiary/aromatic N) is 1. The Kier molecular flexibility index (Phi) is 3.65. The molecule has 4 nitrogen and oxygen atoms in total. The van der Waals surface area contributed by atoms with E-state index in [1.165, 1.54) is 0 Å².